The van der Waals surface area contributed by atoms with Crippen LogP contribution in [0, 0.1) is 11.3 Å². The van der Waals surface area contributed by atoms with Gasteiger partial charge in [0.15, 0.2) is 0 Å². The number of carbonyl (C=O) groups excluding carboxylic acids is 2. The first kappa shape index (κ1) is 22.5. The first-order chi connectivity index (χ1) is 15.4. The Labute approximate surface area is 186 Å². The molecule has 7 heteroatoms. The number of nitriles is 1. The lowest BCUT2D eigenvalue weighted by atomic mass is 10.0. The number of hydrogen-bond acceptors (Lipinski definition) is 5. The van der Waals surface area contributed by atoms with Crippen molar-refractivity contribution < 1.29 is 19.8 Å². The van der Waals surface area contributed by atoms with Gasteiger partial charge >= 0.3 is 0 Å². The van der Waals surface area contributed by atoms with Gasteiger partial charge in [-0.05, 0) is 47.9 Å². The minimum absolute atomic E-state index is 0.165. The van der Waals surface area contributed by atoms with E-state index in [1.165, 1.54) is 6.92 Å². The SMILES string of the molecule is C[C@@H](O)[C@H](NC(=O)c1ccc(-c2ccc(O)cc2)cc1)C(=O)NC(C#N)c1ccccc1. The van der Waals surface area contributed by atoms with Crippen molar-refractivity contribution in [3.63, 3.8) is 0 Å². The summed E-state index contributed by atoms with van der Waals surface area (Å²) in [5, 5.41) is 34.0. The van der Waals surface area contributed by atoms with Gasteiger partial charge in [-0.1, -0.05) is 54.6 Å². The van der Waals surface area contributed by atoms with Crippen LogP contribution in [0.1, 0.15) is 28.9 Å². The minimum atomic E-state index is -1.24. The summed E-state index contributed by atoms with van der Waals surface area (Å²) < 4.78 is 0. The van der Waals surface area contributed by atoms with E-state index in [4.69, 9.17) is 0 Å². The maximum atomic E-state index is 12.7. The fraction of sp³-hybridized carbons (Fsp3) is 0.160. The summed E-state index contributed by atoms with van der Waals surface area (Å²) in [5.41, 5.74) is 2.64. The van der Waals surface area contributed by atoms with Gasteiger partial charge in [-0.2, -0.15) is 5.26 Å². The van der Waals surface area contributed by atoms with Crippen molar-refractivity contribution in [2.75, 3.05) is 0 Å². The number of hydrogen-bond donors (Lipinski definition) is 4. The van der Waals surface area contributed by atoms with E-state index < -0.39 is 30.0 Å². The Morgan fingerprint density at radius 2 is 1.44 bits per heavy atom. The number of amides is 2. The number of aliphatic hydroxyl groups excluding tert-OH is 1. The first-order valence-electron chi connectivity index (χ1n) is 10.0. The molecule has 0 saturated heterocycles. The van der Waals surface area contributed by atoms with Crippen molar-refractivity contribution in [3.05, 3.63) is 90.0 Å². The van der Waals surface area contributed by atoms with Crippen molar-refractivity contribution in [1.29, 1.82) is 5.26 Å². The molecule has 0 aliphatic rings. The van der Waals surface area contributed by atoms with Crippen LogP contribution < -0.4 is 10.6 Å². The summed E-state index contributed by atoms with van der Waals surface area (Å²) in [6.07, 6.45) is -1.18. The fourth-order valence-corrected chi connectivity index (χ4v) is 3.17. The Balaban J connectivity index is 1.70. The van der Waals surface area contributed by atoms with E-state index >= 15 is 0 Å². The van der Waals surface area contributed by atoms with Gasteiger partial charge in [0.2, 0.25) is 5.91 Å². The molecule has 3 rings (SSSR count). The molecule has 0 spiro atoms. The Morgan fingerprint density at radius 1 is 0.875 bits per heavy atom. The normalized spacial score (nSPS) is 13.3. The number of benzene rings is 3. The molecule has 0 aliphatic heterocycles. The lowest BCUT2D eigenvalue weighted by Crippen LogP contribution is -2.52. The third kappa shape index (κ3) is 5.50. The van der Waals surface area contributed by atoms with E-state index in [2.05, 4.69) is 10.6 Å². The second kappa shape index (κ2) is 10.2. The smallest absolute Gasteiger partial charge is 0.252 e. The zero-order valence-corrected chi connectivity index (χ0v) is 17.4. The molecule has 3 atom stereocenters. The number of phenols is 1. The molecule has 7 nitrogen and oxygen atoms in total. The number of nitrogens with one attached hydrogen (secondary N) is 2. The molecule has 2 amide bonds. The minimum Gasteiger partial charge on any atom is -0.508 e. The second-order valence-electron chi connectivity index (χ2n) is 7.30. The molecule has 32 heavy (non-hydrogen) atoms. The summed E-state index contributed by atoms with van der Waals surface area (Å²) >= 11 is 0. The van der Waals surface area contributed by atoms with Crippen LogP contribution in [0.3, 0.4) is 0 Å². The highest BCUT2D eigenvalue weighted by Gasteiger charge is 2.28. The molecular weight excluding hydrogens is 406 g/mol. The molecule has 0 radical (unpaired) electrons. The maximum Gasteiger partial charge on any atom is 0.252 e. The third-order valence-electron chi connectivity index (χ3n) is 4.95. The van der Waals surface area contributed by atoms with Crippen LogP contribution in [-0.4, -0.2) is 34.2 Å². The molecule has 0 fully saturated rings. The van der Waals surface area contributed by atoms with Gasteiger partial charge in [-0.3, -0.25) is 9.59 Å². The third-order valence-corrected chi connectivity index (χ3v) is 4.95. The number of rotatable bonds is 7. The summed E-state index contributed by atoms with van der Waals surface area (Å²) in [6.45, 7) is 1.39. The van der Waals surface area contributed by atoms with Crippen LogP contribution in [0.15, 0.2) is 78.9 Å². The monoisotopic (exact) mass is 429 g/mol. The largest absolute Gasteiger partial charge is 0.508 e. The van der Waals surface area contributed by atoms with Gasteiger partial charge < -0.3 is 20.8 Å². The highest BCUT2D eigenvalue weighted by Crippen LogP contribution is 2.22. The van der Waals surface area contributed by atoms with E-state index in [1.54, 1.807) is 78.9 Å². The number of phenolic OH excluding ortho intramolecular Hbond substituents is 1. The number of carbonyl (C=O) groups is 2. The molecule has 1 unspecified atom stereocenters. The molecule has 3 aromatic rings. The Bertz CT molecular complexity index is 1100. The molecular formula is C25H23N3O4. The fourth-order valence-electron chi connectivity index (χ4n) is 3.17. The van der Waals surface area contributed by atoms with Crippen molar-refractivity contribution in [2.24, 2.45) is 0 Å². The molecule has 0 bridgehead atoms. The first-order valence-corrected chi connectivity index (χ1v) is 10.0. The Hall–Kier alpha value is -4.15. The molecule has 0 aliphatic carbocycles. The van der Waals surface area contributed by atoms with Crippen LogP contribution in [0.25, 0.3) is 11.1 Å². The van der Waals surface area contributed by atoms with E-state index in [1.807, 2.05) is 6.07 Å². The van der Waals surface area contributed by atoms with Crippen LogP contribution >= 0.6 is 0 Å². The Kier molecular flexibility index (Phi) is 7.21. The summed E-state index contributed by atoms with van der Waals surface area (Å²) in [5.74, 6) is -1.03. The lowest BCUT2D eigenvalue weighted by Gasteiger charge is -2.22. The molecule has 0 heterocycles. The quantitative estimate of drug-likeness (QED) is 0.460. The average Bonchev–Trinajstić information content (AvgIpc) is 2.81. The number of nitrogens with zero attached hydrogens (tertiary/aromatic N) is 1. The molecule has 0 aromatic heterocycles. The lowest BCUT2D eigenvalue weighted by molar-refractivity contribution is -0.125. The maximum absolute atomic E-state index is 12.7. The zero-order valence-electron chi connectivity index (χ0n) is 17.4. The predicted octanol–water partition coefficient (Wildman–Crippen LogP) is 2.92. The van der Waals surface area contributed by atoms with E-state index in [9.17, 15) is 25.1 Å². The van der Waals surface area contributed by atoms with Gasteiger partial charge in [-0.25, -0.2) is 0 Å². The Morgan fingerprint density at radius 3 is 1.97 bits per heavy atom. The van der Waals surface area contributed by atoms with Gasteiger partial charge in [-0.15, -0.1) is 0 Å². The highest BCUT2D eigenvalue weighted by molar-refractivity contribution is 5.98. The molecule has 3 aromatic carbocycles. The molecule has 4 N–H and O–H groups in total. The van der Waals surface area contributed by atoms with E-state index in [-0.39, 0.29) is 5.75 Å². The van der Waals surface area contributed by atoms with Crippen LogP contribution in [0.2, 0.25) is 0 Å². The van der Waals surface area contributed by atoms with Crippen LogP contribution in [-0.2, 0) is 4.79 Å². The van der Waals surface area contributed by atoms with Gasteiger partial charge in [0.25, 0.3) is 5.91 Å². The molecule has 0 saturated carbocycles. The predicted molar refractivity (Wildman–Crippen MR) is 119 cm³/mol. The van der Waals surface area contributed by atoms with Crippen molar-refractivity contribution in [3.8, 4) is 22.9 Å². The van der Waals surface area contributed by atoms with E-state index in [0.717, 1.165) is 11.1 Å². The average molecular weight is 429 g/mol. The van der Waals surface area contributed by atoms with Gasteiger partial charge in [0.1, 0.15) is 17.8 Å². The highest BCUT2D eigenvalue weighted by atomic mass is 16.3. The van der Waals surface area contributed by atoms with Crippen molar-refractivity contribution in [2.45, 2.75) is 25.1 Å². The topological polar surface area (TPSA) is 122 Å². The van der Waals surface area contributed by atoms with Crippen LogP contribution in [0.4, 0.5) is 0 Å². The molecule has 162 valence electrons. The standard InChI is InChI=1S/C25H23N3O4/c1-16(29)23(25(32)27-22(15-26)19-5-3-2-4-6-19)28-24(31)20-9-7-17(8-10-20)18-11-13-21(30)14-12-18/h2-14,16,22-23,29-30H,1H3,(H,27,32)(H,28,31)/t16-,22?,23+/m1/s1. The van der Waals surface area contributed by atoms with Gasteiger partial charge in [0, 0.05) is 5.56 Å². The zero-order chi connectivity index (χ0) is 23.1. The summed E-state index contributed by atoms with van der Waals surface area (Å²) in [6, 6.07) is 22.0. The second-order valence-corrected chi connectivity index (χ2v) is 7.30. The van der Waals surface area contributed by atoms with Crippen molar-refractivity contribution in [1.82, 2.24) is 10.6 Å². The summed E-state index contributed by atoms with van der Waals surface area (Å²) in [7, 11) is 0. The number of aliphatic hydroxyl groups is 1. The van der Waals surface area contributed by atoms with Crippen molar-refractivity contribution >= 4 is 11.8 Å². The van der Waals surface area contributed by atoms with E-state index in [0.29, 0.717) is 11.1 Å². The summed E-state index contributed by atoms with van der Waals surface area (Å²) in [4.78, 5) is 25.4. The number of aromatic hydroxyl groups is 1. The van der Waals surface area contributed by atoms with Gasteiger partial charge in [0.05, 0.1) is 12.2 Å². The van der Waals surface area contributed by atoms with Crippen LogP contribution in [0.5, 0.6) is 5.75 Å².